The summed E-state index contributed by atoms with van der Waals surface area (Å²) in [6.45, 7) is 3.96. The lowest BCUT2D eigenvalue weighted by Gasteiger charge is -2.26. The van der Waals surface area contributed by atoms with Crippen molar-refractivity contribution < 1.29 is 13.9 Å². The van der Waals surface area contributed by atoms with Crippen molar-refractivity contribution >= 4 is 18.1 Å². The highest BCUT2D eigenvalue weighted by Crippen LogP contribution is 2.19. The highest BCUT2D eigenvalue weighted by molar-refractivity contribution is 7.71. The van der Waals surface area contributed by atoms with E-state index in [1.165, 1.54) is 0 Å². The van der Waals surface area contributed by atoms with Crippen LogP contribution >= 0.6 is 12.2 Å². The number of amides is 1. The number of hydrogen-bond acceptors (Lipinski definition) is 5. The van der Waals surface area contributed by atoms with Gasteiger partial charge in [-0.05, 0) is 49.8 Å². The van der Waals surface area contributed by atoms with Crippen LogP contribution in [0.5, 0.6) is 0 Å². The van der Waals surface area contributed by atoms with Crippen LogP contribution in [0.15, 0.2) is 28.7 Å². The molecule has 1 atom stereocenters. The van der Waals surface area contributed by atoms with Gasteiger partial charge in [0.25, 0.3) is 10.7 Å². The lowest BCUT2D eigenvalue weighted by atomic mass is 10.1. The van der Waals surface area contributed by atoms with Crippen molar-refractivity contribution in [3.63, 3.8) is 0 Å². The molecule has 3 rings (SSSR count). The van der Waals surface area contributed by atoms with E-state index in [1.54, 1.807) is 24.3 Å². The van der Waals surface area contributed by atoms with Crippen molar-refractivity contribution in [2.24, 2.45) is 0 Å². The minimum Gasteiger partial charge on any atom is -0.409 e. The molecule has 0 aliphatic carbocycles. The quantitative estimate of drug-likeness (QED) is 0.862. The van der Waals surface area contributed by atoms with Gasteiger partial charge >= 0.3 is 0 Å². The van der Waals surface area contributed by atoms with Crippen LogP contribution in [-0.4, -0.2) is 46.8 Å². The van der Waals surface area contributed by atoms with Gasteiger partial charge in [-0.3, -0.25) is 4.79 Å². The first-order valence-corrected chi connectivity index (χ1v) is 7.60. The van der Waals surface area contributed by atoms with E-state index < -0.39 is 0 Å². The van der Waals surface area contributed by atoms with Crippen LogP contribution in [0.1, 0.15) is 23.7 Å². The molecule has 1 saturated heterocycles. The number of aromatic amines is 1. The lowest BCUT2D eigenvalue weighted by molar-refractivity contribution is 0.0687. The first kappa shape index (κ1) is 14.9. The summed E-state index contributed by atoms with van der Waals surface area (Å²) < 4.78 is 10.7. The number of aromatic nitrogens is 2. The van der Waals surface area contributed by atoms with Crippen molar-refractivity contribution in [3.8, 4) is 11.5 Å². The molecule has 6 nitrogen and oxygen atoms in total. The van der Waals surface area contributed by atoms with Crippen LogP contribution in [0, 0.1) is 4.84 Å². The Bertz CT molecular complexity index is 707. The predicted molar refractivity (Wildman–Crippen MR) is 83.1 cm³/mol. The van der Waals surface area contributed by atoms with E-state index in [1.807, 2.05) is 4.90 Å². The van der Waals surface area contributed by atoms with E-state index in [9.17, 15) is 4.79 Å². The van der Waals surface area contributed by atoms with Crippen molar-refractivity contribution in [1.29, 1.82) is 0 Å². The van der Waals surface area contributed by atoms with Crippen molar-refractivity contribution in [3.05, 3.63) is 34.7 Å². The predicted octanol–water partition coefficient (Wildman–Crippen LogP) is 2.65. The molecule has 0 spiro atoms. The molecule has 22 heavy (non-hydrogen) atoms. The number of carbonyl (C=O) groups is 1. The number of ether oxygens (including phenoxy) is 1. The summed E-state index contributed by atoms with van der Waals surface area (Å²) in [5.74, 6) is 0.438. The Morgan fingerprint density at radius 2 is 2.14 bits per heavy atom. The molecule has 7 heteroatoms. The van der Waals surface area contributed by atoms with Crippen LogP contribution in [-0.2, 0) is 4.74 Å². The second-order valence-corrected chi connectivity index (χ2v) is 5.62. The van der Waals surface area contributed by atoms with E-state index >= 15 is 0 Å². The first-order valence-electron chi connectivity index (χ1n) is 7.20. The minimum absolute atomic E-state index is 0.0208. The molecule has 0 unspecified atom stereocenters. The number of nitrogens with one attached hydrogen (secondary N) is 1. The third-order valence-electron chi connectivity index (χ3n) is 3.77. The fourth-order valence-electron chi connectivity index (χ4n) is 2.47. The molecule has 1 aromatic carbocycles. The van der Waals surface area contributed by atoms with Crippen LogP contribution in [0.2, 0.25) is 0 Å². The summed E-state index contributed by atoms with van der Waals surface area (Å²) in [5.41, 5.74) is 1.42. The highest BCUT2D eigenvalue weighted by atomic mass is 32.1. The van der Waals surface area contributed by atoms with E-state index in [0.717, 1.165) is 12.0 Å². The summed E-state index contributed by atoms with van der Waals surface area (Å²) in [7, 11) is 0. The maximum Gasteiger partial charge on any atom is 0.284 e. The molecular weight excluding hydrogens is 302 g/mol. The third-order valence-corrected chi connectivity index (χ3v) is 3.94. The van der Waals surface area contributed by atoms with E-state index in [2.05, 4.69) is 17.1 Å². The fraction of sp³-hybridized carbons (Fsp3) is 0.400. The van der Waals surface area contributed by atoms with E-state index in [4.69, 9.17) is 21.4 Å². The normalized spacial score (nSPS) is 19.0. The average Bonchev–Trinajstić information content (AvgIpc) is 2.85. The fourth-order valence-corrected chi connectivity index (χ4v) is 2.60. The summed E-state index contributed by atoms with van der Waals surface area (Å²) in [5, 5.41) is 6.55. The number of hydrogen-bond donors (Lipinski definition) is 1. The molecule has 1 fully saturated rings. The monoisotopic (exact) mass is 319 g/mol. The SMILES string of the molecule is C[C@@H]1CCOCCN1C(=O)c1ccc(-c2n[nH]c(=S)o2)cc1. The van der Waals surface area contributed by atoms with Crippen molar-refractivity contribution in [1.82, 2.24) is 15.1 Å². The third kappa shape index (κ3) is 3.10. The number of nitrogens with zero attached hydrogens (tertiary/aromatic N) is 2. The first-order chi connectivity index (χ1) is 10.6. The average molecular weight is 319 g/mol. The molecule has 0 bridgehead atoms. The Hall–Kier alpha value is -1.99. The molecule has 1 aliphatic rings. The van der Waals surface area contributed by atoms with Gasteiger partial charge in [0.2, 0.25) is 5.89 Å². The van der Waals surface area contributed by atoms with Gasteiger partial charge in [0.05, 0.1) is 6.61 Å². The lowest BCUT2D eigenvalue weighted by Crippen LogP contribution is -2.39. The number of H-pyrrole nitrogens is 1. The van der Waals surface area contributed by atoms with Crippen LogP contribution < -0.4 is 0 Å². The van der Waals surface area contributed by atoms with Gasteiger partial charge in [0.15, 0.2) is 0 Å². The molecule has 2 aromatic rings. The molecule has 2 heterocycles. The van der Waals surface area contributed by atoms with Crippen LogP contribution in [0.3, 0.4) is 0 Å². The van der Waals surface area contributed by atoms with Crippen LogP contribution in [0.4, 0.5) is 0 Å². The Morgan fingerprint density at radius 1 is 1.36 bits per heavy atom. The smallest absolute Gasteiger partial charge is 0.284 e. The molecular formula is C15H17N3O3S. The Kier molecular flexibility index (Phi) is 4.35. The summed E-state index contributed by atoms with van der Waals surface area (Å²) >= 11 is 4.85. The number of rotatable bonds is 2. The number of carbonyl (C=O) groups excluding carboxylic acids is 1. The zero-order chi connectivity index (χ0) is 15.5. The van der Waals surface area contributed by atoms with Gasteiger partial charge in [0, 0.05) is 30.3 Å². The maximum absolute atomic E-state index is 12.6. The van der Waals surface area contributed by atoms with Crippen molar-refractivity contribution in [2.45, 2.75) is 19.4 Å². The Labute approximate surface area is 133 Å². The number of benzene rings is 1. The highest BCUT2D eigenvalue weighted by Gasteiger charge is 2.23. The van der Waals surface area contributed by atoms with E-state index in [-0.39, 0.29) is 16.8 Å². The van der Waals surface area contributed by atoms with Gasteiger partial charge in [-0.25, -0.2) is 5.10 Å². The molecule has 1 amide bonds. The van der Waals surface area contributed by atoms with Gasteiger partial charge in [-0.1, -0.05) is 0 Å². The summed E-state index contributed by atoms with van der Waals surface area (Å²) in [4.78, 5) is 14.7. The maximum atomic E-state index is 12.6. The second kappa shape index (κ2) is 6.41. The Balaban J connectivity index is 1.79. The zero-order valence-electron chi connectivity index (χ0n) is 12.2. The molecule has 1 aromatic heterocycles. The Morgan fingerprint density at radius 3 is 2.82 bits per heavy atom. The largest absolute Gasteiger partial charge is 0.409 e. The van der Waals surface area contributed by atoms with Crippen molar-refractivity contribution in [2.75, 3.05) is 19.8 Å². The summed E-state index contributed by atoms with van der Waals surface area (Å²) in [6.07, 6.45) is 0.859. The van der Waals surface area contributed by atoms with Gasteiger partial charge < -0.3 is 14.1 Å². The summed E-state index contributed by atoms with van der Waals surface area (Å²) in [6, 6.07) is 7.35. The molecule has 116 valence electrons. The molecule has 1 aliphatic heterocycles. The molecule has 0 saturated carbocycles. The minimum atomic E-state index is 0.0208. The topological polar surface area (TPSA) is 71.4 Å². The molecule has 1 N–H and O–H groups in total. The van der Waals surface area contributed by atoms with Gasteiger partial charge in [-0.15, -0.1) is 5.10 Å². The standard InChI is InChI=1S/C15H17N3O3S/c1-10-6-8-20-9-7-18(10)14(19)12-4-2-11(3-5-12)13-16-17-15(22)21-13/h2-5,10H,6-9H2,1H3,(H,17,22)/t10-/m1/s1. The van der Waals surface area contributed by atoms with Gasteiger partial charge in [0.1, 0.15) is 0 Å². The molecule has 0 radical (unpaired) electrons. The zero-order valence-corrected chi connectivity index (χ0v) is 13.1. The van der Waals surface area contributed by atoms with E-state index in [0.29, 0.717) is 31.2 Å². The van der Waals surface area contributed by atoms with Gasteiger partial charge in [-0.2, -0.15) is 0 Å². The second-order valence-electron chi connectivity index (χ2n) is 5.24. The van der Waals surface area contributed by atoms with Crippen LogP contribution in [0.25, 0.3) is 11.5 Å².